The number of carbonyl (C=O) groups is 1. The van der Waals surface area contributed by atoms with Crippen molar-refractivity contribution in [1.29, 1.82) is 0 Å². The third-order valence-corrected chi connectivity index (χ3v) is 2.26. The number of halogens is 3. The monoisotopic (exact) mass is 216 g/mol. The summed E-state index contributed by atoms with van der Waals surface area (Å²) >= 11 is 0. The SMILES string of the molecule is O=C1COCc2c1cccc2C(F)(F)F. The summed E-state index contributed by atoms with van der Waals surface area (Å²) in [5, 5.41) is 0. The van der Waals surface area contributed by atoms with Crippen LogP contribution >= 0.6 is 0 Å². The number of hydrogen-bond donors (Lipinski definition) is 0. The molecule has 0 fully saturated rings. The number of ether oxygens (including phenoxy) is 1. The van der Waals surface area contributed by atoms with Crippen molar-refractivity contribution in [2.45, 2.75) is 12.8 Å². The minimum atomic E-state index is -4.44. The van der Waals surface area contributed by atoms with E-state index in [1.54, 1.807) is 0 Å². The average molecular weight is 216 g/mol. The third-order valence-electron chi connectivity index (χ3n) is 2.26. The first-order valence-electron chi connectivity index (χ1n) is 4.30. The van der Waals surface area contributed by atoms with Gasteiger partial charge in [0.25, 0.3) is 0 Å². The summed E-state index contributed by atoms with van der Waals surface area (Å²) in [6, 6.07) is 3.60. The van der Waals surface area contributed by atoms with Crippen LogP contribution in [-0.2, 0) is 17.5 Å². The number of benzene rings is 1. The highest BCUT2D eigenvalue weighted by Crippen LogP contribution is 2.34. The van der Waals surface area contributed by atoms with Crippen molar-refractivity contribution < 1.29 is 22.7 Å². The molecular formula is C10H7F3O2. The molecule has 0 spiro atoms. The molecule has 0 atom stereocenters. The van der Waals surface area contributed by atoms with E-state index in [1.165, 1.54) is 12.1 Å². The average Bonchev–Trinajstić information content (AvgIpc) is 2.16. The number of hydrogen-bond acceptors (Lipinski definition) is 2. The minimum absolute atomic E-state index is 0.0544. The second-order valence-corrected chi connectivity index (χ2v) is 3.25. The highest BCUT2D eigenvalue weighted by molar-refractivity contribution is 5.99. The Balaban J connectivity index is 2.59. The van der Waals surface area contributed by atoms with Crippen molar-refractivity contribution in [3.63, 3.8) is 0 Å². The molecule has 1 aromatic carbocycles. The van der Waals surface area contributed by atoms with Gasteiger partial charge in [0.05, 0.1) is 12.2 Å². The molecule has 0 bridgehead atoms. The molecule has 0 unspecified atom stereocenters. The van der Waals surface area contributed by atoms with E-state index in [0.717, 1.165) is 6.07 Å². The van der Waals surface area contributed by atoms with Crippen LogP contribution in [0.2, 0.25) is 0 Å². The lowest BCUT2D eigenvalue weighted by molar-refractivity contribution is -0.139. The van der Waals surface area contributed by atoms with E-state index >= 15 is 0 Å². The van der Waals surface area contributed by atoms with Gasteiger partial charge in [-0.1, -0.05) is 12.1 Å². The summed E-state index contributed by atoms with van der Waals surface area (Å²) in [5.74, 6) is -0.401. The van der Waals surface area contributed by atoms with Crippen LogP contribution in [0, 0.1) is 0 Å². The molecule has 2 rings (SSSR count). The molecule has 0 N–H and O–H groups in total. The molecule has 0 saturated carbocycles. The van der Waals surface area contributed by atoms with Gasteiger partial charge in [0.15, 0.2) is 5.78 Å². The van der Waals surface area contributed by atoms with Crippen LogP contribution in [-0.4, -0.2) is 12.4 Å². The molecule has 0 aliphatic carbocycles. The van der Waals surface area contributed by atoms with E-state index < -0.39 is 17.5 Å². The molecule has 0 amide bonds. The number of fused-ring (bicyclic) bond motifs is 1. The molecule has 1 aliphatic rings. The molecule has 1 aromatic rings. The van der Waals surface area contributed by atoms with Crippen LogP contribution in [0.1, 0.15) is 21.5 Å². The van der Waals surface area contributed by atoms with Crippen LogP contribution in [0.5, 0.6) is 0 Å². The molecule has 0 aromatic heterocycles. The fourth-order valence-electron chi connectivity index (χ4n) is 1.59. The zero-order valence-electron chi connectivity index (χ0n) is 7.60. The van der Waals surface area contributed by atoms with E-state index in [1.807, 2.05) is 0 Å². The fraction of sp³-hybridized carbons (Fsp3) is 0.300. The Labute approximate surface area is 83.7 Å². The molecule has 2 nitrogen and oxygen atoms in total. The maximum atomic E-state index is 12.5. The lowest BCUT2D eigenvalue weighted by Crippen LogP contribution is -2.22. The Kier molecular flexibility index (Phi) is 2.26. The smallest absolute Gasteiger partial charge is 0.369 e. The molecular weight excluding hydrogens is 209 g/mol. The van der Waals surface area contributed by atoms with Gasteiger partial charge in [-0.05, 0) is 6.07 Å². The van der Waals surface area contributed by atoms with Gasteiger partial charge in [0.1, 0.15) is 6.61 Å². The summed E-state index contributed by atoms with van der Waals surface area (Å²) < 4.78 is 42.4. The summed E-state index contributed by atoms with van der Waals surface area (Å²) in [6.45, 7) is -0.301. The van der Waals surface area contributed by atoms with Crippen molar-refractivity contribution in [2.24, 2.45) is 0 Å². The van der Waals surface area contributed by atoms with Crippen molar-refractivity contribution >= 4 is 5.78 Å². The predicted octanol–water partition coefficient (Wildman–Crippen LogP) is 2.42. The van der Waals surface area contributed by atoms with Gasteiger partial charge >= 0.3 is 6.18 Å². The topological polar surface area (TPSA) is 26.3 Å². The van der Waals surface area contributed by atoms with Crippen molar-refractivity contribution in [1.82, 2.24) is 0 Å². The maximum Gasteiger partial charge on any atom is 0.416 e. The van der Waals surface area contributed by atoms with Crippen LogP contribution in [0.4, 0.5) is 13.2 Å². The fourth-order valence-corrected chi connectivity index (χ4v) is 1.59. The van der Waals surface area contributed by atoms with Gasteiger partial charge in [0.2, 0.25) is 0 Å². The Morgan fingerprint density at radius 3 is 2.60 bits per heavy atom. The molecule has 80 valence electrons. The zero-order valence-corrected chi connectivity index (χ0v) is 7.60. The van der Waals surface area contributed by atoms with Gasteiger partial charge in [-0.25, -0.2) is 0 Å². The lowest BCUT2D eigenvalue weighted by atomic mass is 9.97. The van der Waals surface area contributed by atoms with Crippen molar-refractivity contribution in [3.8, 4) is 0 Å². The highest BCUT2D eigenvalue weighted by Gasteiger charge is 2.35. The van der Waals surface area contributed by atoms with Gasteiger partial charge in [-0.2, -0.15) is 13.2 Å². The van der Waals surface area contributed by atoms with Crippen molar-refractivity contribution in [2.75, 3.05) is 6.61 Å². The molecule has 5 heteroatoms. The van der Waals surface area contributed by atoms with E-state index in [2.05, 4.69) is 0 Å². The number of carbonyl (C=O) groups excluding carboxylic acids is 1. The Morgan fingerprint density at radius 2 is 1.93 bits per heavy atom. The normalized spacial score (nSPS) is 16.3. The lowest BCUT2D eigenvalue weighted by Gasteiger charge is -2.19. The molecule has 1 heterocycles. The van der Waals surface area contributed by atoms with Crippen molar-refractivity contribution in [3.05, 3.63) is 34.9 Å². The van der Waals surface area contributed by atoms with Gasteiger partial charge in [-0.3, -0.25) is 4.79 Å². The number of alkyl halides is 3. The molecule has 0 radical (unpaired) electrons. The Bertz CT molecular complexity index is 410. The third kappa shape index (κ3) is 1.74. The van der Waals surface area contributed by atoms with Gasteiger partial charge in [-0.15, -0.1) is 0 Å². The van der Waals surface area contributed by atoms with E-state index in [0.29, 0.717) is 0 Å². The molecule has 0 saturated heterocycles. The molecule has 15 heavy (non-hydrogen) atoms. The predicted molar refractivity (Wildman–Crippen MR) is 45.4 cm³/mol. The van der Waals surface area contributed by atoms with Crippen LogP contribution in [0.3, 0.4) is 0 Å². The second kappa shape index (κ2) is 3.34. The van der Waals surface area contributed by atoms with Gasteiger partial charge in [0, 0.05) is 11.1 Å². The first-order valence-corrected chi connectivity index (χ1v) is 4.30. The van der Waals surface area contributed by atoms with E-state index in [-0.39, 0.29) is 24.3 Å². The molecule has 1 aliphatic heterocycles. The number of ketones is 1. The minimum Gasteiger partial charge on any atom is -0.369 e. The van der Waals surface area contributed by atoms with E-state index in [4.69, 9.17) is 4.74 Å². The highest BCUT2D eigenvalue weighted by atomic mass is 19.4. The summed E-state index contributed by atoms with van der Waals surface area (Å²) in [4.78, 5) is 11.3. The standard InChI is InChI=1S/C10H7F3O2/c11-10(12,13)8-3-1-2-6-7(8)4-15-5-9(6)14/h1-3H,4-5H2. The number of rotatable bonds is 0. The van der Waals surface area contributed by atoms with Crippen LogP contribution in [0.25, 0.3) is 0 Å². The van der Waals surface area contributed by atoms with Crippen LogP contribution in [0.15, 0.2) is 18.2 Å². The first kappa shape index (κ1) is 10.2. The quantitative estimate of drug-likeness (QED) is 0.665. The Hall–Kier alpha value is -1.36. The van der Waals surface area contributed by atoms with Crippen LogP contribution < -0.4 is 0 Å². The maximum absolute atomic E-state index is 12.5. The summed E-state index contributed by atoms with van der Waals surface area (Å²) in [7, 11) is 0. The van der Waals surface area contributed by atoms with Gasteiger partial charge < -0.3 is 4.74 Å². The summed E-state index contributed by atoms with van der Waals surface area (Å²) in [6.07, 6.45) is -4.44. The first-order chi connectivity index (χ1) is 7.00. The van der Waals surface area contributed by atoms with E-state index in [9.17, 15) is 18.0 Å². The Morgan fingerprint density at radius 1 is 1.20 bits per heavy atom. The second-order valence-electron chi connectivity index (χ2n) is 3.25. The number of Topliss-reactive ketones (excluding diaryl/α,β-unsaturated/α-hetero) is 1. The summed E-state index contributed by atoms with van der Waals surface area (Å²) in [5.41, 5.74) is -0.717. The largest absolute Gasteiger partial charge is 0.416 e. The zero-order chi connectivity index (χ0) is 11.1.